The Morgan fingerprint density at radius 3 is 2.29 bits per heavy atom. The number of hydrogen-bond acceptors (Lipinski definition) is 4. The summed E-state index contributed by atoms with van der Waals surface area (Å²) in [5.74, 6) is 0. The highest BCUT2D eigenvalue weighted by Crippen LogP contribution is 2.33. The molecule has 1 aliphatic rings. The largest absolute Gasteiger partial charge is 0.270 e. The lowest BCUT2D eigenvalue weighted by molar-refractivity contribution is 0.594. The van der Waals surface area contributed by atoms with Gasteiger partial charge in [0.05, 0.1) is 22.5 Å². The molecule has 0 spiro atoms. The minimum absolute atomic E-state index is 0.156. The van der Waals surface area contributed by atoms with Crippen LogP contribution in [-0.4, -0.2) is 36.7 Å². The minimum atomic E-state index is -3.70. The maximum atomic E-state index is 12.8. The van der Waals surface area contributed by atoms with Gasteiger partial charge in [0.15, 0.2) is 0 Å². The molecule has 0 atom stereocenters. The zero-order valence-corrected chi connectivity index (χ0v) is 15.0. The summed E-state index contributed by atoms with van der Waals surface area (Å²) in [4.78, 5) is 0.156. The Hall–Kier alpha value is -2.06. The SMILES string of the molecule is CN(c1ccccc1)S(=O)(=O)c1ccc2c(c1)CCN2S(C)(=O)=O. The molecule has 0 aromatic heterocycles. The predicted molar refractivity (Wildman–Crippen MR) is 94.4 cm³/mol. The summed E-state index contributed by atoms with van der Waals surface area (Å²) in [6.45, 7) is 0.339. The second kappa shape index (κ2) is 5.78. The fourth-order valence-corrected chi connectivity index (χ4v) is 4.99. The molecule has 8 heteroatoms. The number of fused-ring (bicyclic) bond motifs is 1. The number of sulfonamides is 2. The number of rotatable bonds is 4. The van der Waals surface area contributed by atoms with Crippen molar-refractivity contribution in [3.05, 3.63) is 54.1 Å². The third-order valence-electron chi connectivity index (χ3n) is 4.08. The van der Waals surface area contributed by atoms with Gasteiger partial charge < -0.3 is 0 Å². The molecule has 24 heavy (non-hydrogen) atoms. The van der Waals surface area contributed by atoms with E-state index in [1.54, 1.807) is 36.4 Å². The summed E-state index contributed by atoms with van der Waals surface area (Å²) in [5.41, 5.74) is 1.84. The van der Waals surface area contributed by atoms with Crippen molar-refractivity contribution < 1.29 is 16.8 Å². The summed E-state index contributed by atoms with van der Waals surface area (Å²) in [6, 6.07) is 13.4. The maximum absolute atomic E-state index is 12.8. The molecule has 3 rings (SSSR count). The molecule has 0 saturated carbocycles. The Labute approximate surface area is 142 Å². The lowest BCUT2D eigenvalue weighted by atomic mass is 10.2. The zero-order chi connectivity index (χ0) is 17.5. The molecule has 1 aliphatic heterocycles. The topological polar surface area (TPSA) is 74.8 Å². The van der Waals surface area contributed by atoms with Crippen LogP contribution in [0, 0.1) is 0 Å². The fraction of sp³-hybridized carbons (Fsp3) is 0.250. The van der Waals surface area contributed by atoms with Crippen molar-refractivity contribution >= 4 is 31.4 Å². The molecule has 0 fully saturated rings. The van der Waals surface area contributed by atoms with E-state index < -0.39 is 20.0 Å². The average molecular weight is 366 g/mol. The quantitative estimate of drug-likeness (QED) is 0.827. The third-order valence-corrected chi connectivity index (χ3v) is 7.04. The van der Waals surface area contributed by atoms with Crippen molar-refractivity contribution in [2.75, 3.05) is 28.5 Å². The molecule has 0 bridgehead atoms. The lowest BCUT2D eigenvalue weighted by Crippen LogP contribution is -2.28. The van der Waals surface area contributed by atoms with E-state index in [0.29, 0.717) is 24.3 Å². The van der Waals surface area contributed by atoms with Crippen LogP contribution < -0.4 is 8.61 Å². The smallest absolute Gasteiger partial charge is 0.264 e. The van der Waals surface area contributed by atoms with E-state index >= 15 is 0 Å². The standard InChI is InChI=1S/C16H18N2O4S2/c1-17(14-6-4-3-5-7-14)24(21,22)15-8-9-16-13(12-15)10-11-18(16)23(2,19)20/h3-9,12H,10-11H2,1-2H3. The molecule has 6 nitrogen and oxygen atoms in total. The average Bonchev–Trinajstić information content (AvgIpc) is 2.98. The summed E-state index contributed by atoms with van der Waals surface area (Å²) < 4.78 is 51.7. The molecule has 2 aromatic carbocycles. The first-order chi connectivity index (χ1) is 11.2. The number of benzene rings is 2. The van der Waals surface area contributed by atoms with E-state index in [1.165, 1.54) is 21.7 Å². The first-order valence-corrected chi connectivity index (χ1v) is 10.6. The van der Waals surface area contributed by atoms with E-state index in [4.69, 9.17) is 0 Å². The van der Waals surface area contributed by atoms with Gasteiger partial charge in [-0.15, -0.1) is 0 Å². The van der Waals surface area contributed by atoms with Crippen LogP contribution in [0.4, 0.5) is 11.4 Å². The molecule has 0 amide bonds. The van der Waals surface area contributed by atoms with Gasteiger partial charge in [0.25, 0.3) is 10.0 Å². The van der Waals surface area contributed by atoms with Crippen molar-refractivity contribution in [2.45, 2.75) is 11.3 Å². The van der Waals surface area contributed by atoms with Crippen molar-refractivity contribution in [3.8, 4) is 0 Å². The molecule has 2 aromatic rings. The maximum Gasteiger partial charge on any atom is 0.264 e. The van der Waals surface area contributed by atoms with E-state index in [0.717, 1.165) is 11.8 Å². The first kappa shape index (κ1) is 16.8. The normalized spacial score (nSPS) is 14.5. The van der Waals surface area contributed by atoms with Gasteiger partial charge in [0.1, 0.15) is 0 Å². The Balaban J connectivity index is 2.00. The molecule has 0 N–H and O–H groups in total. The van der Waals surface area contributed by atoms with Crippen molar-refractivity contribution in [1.29, 1.82) is 0 Å². The lowest BCUT2D eigenvalue weighted by Gasteiger charge is -2.20. The van der Waals surface area contributed by atoms with E-state index in [2.05, 4.69) is 0 Å². The van der Waals surface area contributed by atoms with Gasteiger partial charge in [0.2, 0.25) is 10.0 Å². The Morgan fingerprint density at radius 2 is 1.67 bits per heavy atom. The van der Waals surface area contributed by atoms with Gasteiger partial charge in [0, 0.05) is 13.6 Å². The van der Waals surface area contributed by atoms with Crippen LogP contribution in [0.3, 0.4) is 0 Å². The highest BCUT2D eigenvalue weighted by Gasteiger charge is 2.29. The van der Waals surface area contributed by atoms with Crippen LogP contribution in [0.2, 0.25) is 0 Å². The van der Waals surface area contributed by atoms with Gasteiger partial charge >= 0.3 is 0 Å². The van der Waals surface area contributed by atoms with Crippen LogP contribution in [-0.2, 0) is 26.5 Å². The number of nitrogens with zero attached hydrogens (tertiary/aromatic N) is 2. The van der Waals surface area contributed by atoms with E-state index in [9.17, 15) is 16.8 Å². The third kappa shape index (κ3) is 2.87. The molecule has 1 heterocycles. The second-order valence-corrected chi connectivity index (χ2v) is 9.56. The highest BCUT2D eigenvalue weighted by molar-refractivity contribution is 7.93. The zero-order valence-electron chi connectivity index (χ0n) is 13.4. The Morgan fingerprint density at radius 1 is 1.00 bits per heavy atom. The first-order valence-electron chi connectivity index (χ1n) is 7.36. The summed E-state index contributed by atoms with van der Waals surface area (Å²) >= 11 is 0. The molecule has 0 radical (unpaired) electrons. The van der Waals surface area contributed by atoms with Gasteiger partial charge in [-0.05, 0) is 42.3 Å². The molecular weight excluding hydrogens is 348 g/mol. The number of anilines is 2. The van der Waals surface area contributed by atoms with Crippen LogP contribution in [0.5, 0.6) is 0 Å². The van der Waals surface area contributed by atoms with Gasteiger partial charge in [-0.1, -0.05) is 18.2 Å². The van der Waals surface area contributed by atoms with Crippen LogP contribution in [0.25, 0.3) is 0 Å². The van der Waals surface area contributed by atoms with Crippen molar-refractivity contribution in [3.63, 3.8) is 0 Å². The monoisotopic (exact) mass is 366 g/mol. The summed E-state index contributed by atoms with van der Waals surface area (Å²) in [5, 5.41) is 0. The van der Waals surface area contributed by atoms with E-state index in [-0.39, 0.29) is 4.90 Å². The van der Waals surface area contributed by atoms with Crippen molar-refractivity contribution in [1.82, 2.24) is 0 Å². The van der Waals surface area contributed by atoms with Crippen LogP contribution in [0.15, 0.2) is 53.4 Å². The summed E-state index contributed by atoms with van der Waals surface area (Å²) in [7, 11) is -5.55. The number of para-hydroxylation sites is 1. The molecule has 0 aliphatic carbocycles. The van der Waals surface area contributed by atoms with E-state index in [1.807, 2.05) is 6.07 Å². The van der Waals surface area contributed by atoms with Crippen LogP contribution in [0.1, 0.15) is 5.56 Å². The van der Waals surface area contributed by atoms with Crippen LogP contribution >= 0.6 is 0 Å². The molecule has 0 saturated heterocycles. The Kier molecular flexibility index (Phi) is 4.05. The van der Waals surface area contributed by atoms with Gasteiger partial charge in [-0.25, -0.2) is 16.8 Å². The highest BCUT2D eigenvalue weighted by atomic mass is 32.2. The fourth-order valence-electron chi connectivity index (χ4n) is 2.79. The second-order valence-electron chi connectivity index (χ2n) is 5.68. The minimum Gasteiger partial charge on any atom is -0.270 e. The predicted octanol–water partition coefficient (Wildman–Crippen LogP) is 1.83. The summed E-state index contributed by atoms with van der Waals surface area (Å²) in [6.07, 6.45) is 1.65. The van der Waals surface area contributed by atoms with Gasteiger partial charge in [-0.3, -0.25) is 8.61 Å². The Bertz CT molecular complexity index is 970. The molecule has 0 unspecified atom stereocenters. The van der Waals surface area contributed by atoms with Gasteiger partial charge in [-0.2, -0.15) is 0 Å². The van der Waals surface area contributed by atoms with Crippen molar-refractivity contribution in [2.24, 2.45) is 0 Å². The number of hydrogen-bond donors (Lipinski definition) is 0. The molecular formula is C16H18N2O4S2. The molecule has 128 valence electrons.